The van der Waals surface area contributed by atoms with Crippen LogP contribution in [0.5, 0.6) is 0 Å². The van der Waals surface area contributed by atoms with Gasteiger partial charge in [0.05, 0.1) is 11.4 Å². The number of anilines is 1. The fraction of sp³-hybridized carbons (Fsp3) is 0.0833. The van der Waals surface area contributed by atoms with Crippen LogP contribution in [-0.2, 0) is 5.75 Å². The average Bonchev–Trinajstić information content (AvgIpc) is 2.38. The standard InChI is InChI=1S/C12H12FN3S/c13-9-1-3-12(4-2-9)17-8-11-7-10(16-14)5-6-15-11/h1-7H,8,14H2,(H,15,16). The van der Waals surface area contributed by atoms with Crippen LogP contribution in [0.15, 0.2) is 47.5 Å². The number of aromatic nitrogens is 1. The maximum Gasteiger partial charge on any atom is 0.123 e. The first-order valence-corrected chi connectivity index (χ1v) is 6.06. The van der Waals surface area contributed by atoms with Gasteiger partial charge < -0.3 is 5.43 Å². The van der Waals surface area contributed by atoms with Gasteiger partial charge in [0.25, 0.3) is 0 Å². The number of pyridine rings is 1. The van der Waals surface area contributed by atoms with Gasteiger partial charge in [0.2, 0.25) is 0 Å². The van der Waals surface area contributed by atoms with Gasteiger partial charge in [-0.1, -0.05) is 0 Å². The summed E-state index contributed by atoms with van der Waals surface area (Å²) in [7, 11) is 0. The summed E-state index contributed by atoms with van der Waals surface area (Å²) >= 11 is 1.60. The van der Waals surface area contributed by atoms with E-state index in [9.17, 15) is 4.39 Å². The summed E-state index contributed by atoms with van der Waals surface area (Å²) in [6.45, 7) is 0. The molecule has 3 N–H and O–H groups in total. The summed E-state index contributed by atoms with van der Waals surface area (Å²) in [5.74, 6) is 5.82. The Bertz CT molecular complexity index is 487. The van der Waals surface area contributed by atoms with Gasteiger partial charge in [-0.2, -0.15) is 0 Å². The SMILES string of the molecule is NNc1ccnc(CSc2ccc(F)cc2)c1. The predicted octanol–water partition coefficient (Wildman–Crippen LogP) is 2.80. The molecule has 5 heteroatoms. The number of thioether (sulfide) groups is 1. The molecule has 88 valence electrons. The number of hydrogen-bond donors (Lipinski definition) is 2. The van der Waals surface area contributed by atoms with Crippen LogP contribution < -0.4 is 11.3 Å². The molecule has 0 unspecified atom stereocenters. The second kappa shape index (κ2) is 5.65. The summed E-state index contributed by atoms with van der Waals surface area (Å²) in [5.41, 5.74) is 4.33. The maximum absolute atomic E-state index is 12.7. The lowest BCUT2D eigenvalue weighted by Crippen LogP contribution is -2.07. The van der Waals surface area contributed by atoms with E-state index in [1.807, 2.05) is 6.07 Å². The number of nitrogen functional groups attached to an aromatic ring is 1. The number of nitrogens with zero attached hydrogens (tertiary/aromatic N) is 1. The van der Waals surface area contributed by atoms with Crippen molar-refractivity contribution < 1.29 is 4.39 Å². The number of hydrogen-bond acceptors (Lipinski definition) is 4. The molecule has 17 heavy (non-hydrogen) atoms. The Morgan fingerprint density at radius 3 is 2.71 bits per heavy atom. The van der Waals surface area contributed by atoms with Crippen molar-refractivity contribution in [3.63, 3.8) is 0 Å². The summed E-state index contributed by atoms with van der Waals surface area (Å²) in [6.07, 6.45) is 1.70. The molecule has 0 aliphatic carbocycles. The van der Waals surface area contributed by atoms with Gasteiger partial charge >= 0.3 is 0 Å². The van der Waals surface area contributed by atoms with Crippen LogP contribution in [-0.4, -0.2) is 4.98 Å². The van der Waals surface area contributed by atoms with Crippen LogP contribution in [0.2, 0.25) is 0 Å². The molecule has 0 amide bonds. The molecule has 0 atom stereocenters. The zero-order valence-electron chi connectivity index (χ0n) is 9.06. The smallest absolute Gasteiger partial charge is 0.123 e. The zero-order valence-corrected chi connectivity index (χ0v) is 9.88. The Balaban J connectivity index is 1.99. The molecule has 0 aliphatic heterocycles. The molecule has 0 aliphatic rings. The highest BCUT2D eigenvalue weighted by Gasteiger charge is 1.99. The molecular weight excluding hydrogens is 237 g/mol. The number of rotatable bonds is 4. The van der Waals surface area contributed by atoms with E-state index in [4.69, 9.17) is 5.84 Å². The highest BCUT2D eigenvalue weighted by Crippen LogP contribution is 2.22. The van der Waals surface area contributed by atoms with E-state index in [0.717, 1.165) is 22.0 Å². The van der Waals surface area contributed by atoms with Gasteiger partial charge in [-0.25, -0.2) is 4.39 Å². The third-order valence-corrected chi connectivity index (χ3v) is 3.23. The predicted molar refractivity (Wildman–Crippen MR) is 68.0 cm³/mol. The van der Waals surface area contributed by atoms with E-state index in [0.29, 0.717) is 0 Å². The molecule has 3 nitrogen and oxygen atoms in total. The Hall–Kier alpha value is -1.59. The van der Waals surface area contributed by atoms with Crippen LogP contribution in [0.3, 0.4) is 0 Å². The highest BCUT2D eigenvalue weighted by molar-refractivity contribution is 7.98. The first-order chi connectivity index (χ1) is 8.28. The minimum Gasteiger partial charge on any atom is -0.324 e. The summed E-state index contributed by atoms with van der Waals surface area (Å²) in [5, 5.41) is 0. The lowest BCUT2D eigenvalue weighted by atomic mass is 10.3. The number of hydrazine groups is 1. The third-order valence-electron chi connectivity index (χ3n) is 2.18. The van der Waals surface area contributed by atoms with Gasteiger partial charge in [0.15, 0.2) is 0 Å². The largest absolute Gasteiger partial charge is 0.324 e. The molecule has 0 spiro atoms. The van der Waals surface area contributed by atoms with Crippen molar-refractivity contribution >= 4 is 17.4 Å². The number of halogens is 1. The lowest BCUT2D eigenvalue weighted by Gasteiger charge is -2.04. The second-order valence-electron chi connectivity index (χ2n) is 3.42. The maximum atomic E-state index is 12.7. The molecule has 0 fully saturated rings. The number of benzene rings is 1. The molecule has 1 aromatic carbocycles. The Kier molecular flexibility index (Phi) is 3.95. The van der Waals surface area contributed by atoms with Crippen molar-refractivity contribution in [1.29, 1.82) is 0 Å². The van der Waals surface area contributed by atoms with Crippen LogP contribution in [0, 0.1) is 5.82 Å². The van der Waals surface area contributed by atoms with Crippen molar-refractivity contribution in [2.24, 2.45) is 5.84 Å². The van der Waals surface area contributed by atoms with E-state index >= 15 is 0 Å². The molecule has 1 aromatic heterocycles. The third kappa shape index (κ3) is 3.44. The lowest BCUT2D eigenvalue weighted by molar-refractivity contribution is 0.626. The van der Waals surface area contributed by atoms with Crippen molar-refractivity contribution in [2.45, 2.75) is 10.6 Å². The Morgan fingerprint density at radius 2 is 2.00 bits per heavy atom. The van der Waals surface area contributed by atoms with Crippen LogP contribution in [0.1, 0.15) is 5.69 Å². The number of nitrogens with one attached hydrogen (secondary N) is 1. The first kappa shape index (κ1) is 11.9. The van der Waals surface area contributed by atoms with Crippen LogP contribution in [0.4, 0.5) is 10.1 Å². The quantitative estimate of drug-likeness (QED) is 0.497. The van der Waals surface area contributed by atoms with Gasteiger partial charge in [-0.3, -0.25) is 10.8 Å². The van der Waals surface area contributed by atoms with Crippen molar-refractivity contribution in [2.75, 3.05) is 5.43 Å². The molecule has 1 heterocycles. The summed E-state index contributed by atoms with van der Waals surface area (Å²) < 4.78 is 12.7. The van der Waals surface area contributed by atoms with Gasteiger partial charge in [-0.15, -0.1) is 11.8 Å². The van der Waals surface area contributed by atoms with E-state index < -0.39 is 0 Å². The monoisotopic (exact) mass is 249 g/mol. The van der Waals surface area contributed by atoms with E-state index in [1.54, 1.807) is 36.2 Å². The van der Waals surface area contributed by atoms with Gasteiger partial charge in [0.1, 0.15) is 5.82 Å². The Labute approximate surface area is 103 Å². The minimum atomic E-state index is -0.221. The van der Waals surface area contributed by atoms with Crippen LogP contribution in [0.25, 0.3) is 0 Å². The van der Waals surface area contributed by atoms with Gasteiger partial charge in [-0.05, 0) is 36.4 Å². The summed E-state index contributed by atoms with van der Waals surface area (Å²) in [4.78, 5) is 5.24. The molecule has 0 saturated carbocycles. The molecule has 0 bridgehead atoms. The first-order valence-electron chi connectivity index (χ1n) is 5.08. The van der Waals surface area contributed by atoms with Crippen molar-refractivity contribution in [3.8, 4) is 0 Å². The molecule has 2 aromatic rings. The molecule has 0 radical (unpaired) electrons. The average molecular weight is 249 g/mol. The summed E-state index contributed by atoms with van der Waals surface area (Å²) in [6, 6.07) is 10.1. The fourth-order valence-corrected chi connectivity index (χ4v) is 2.14. The van der Waals surface area contributed by atoms with Crippen molar-refractivity contribution in [3.05, 3.63) is 54.1 Å². The molecule has 2 rings (SSSR count). The van der Waals surface area contributed by atoms with Gasteiger partial charge in [0, 0.05) is 16.8 Å². The molecular formula is C12H12FN3S. The Morgan fingerprint density at radius 1 is 1.24 bits per heavy atom. The zero-order chi connectivity index (χ0) is 12.1. The van der Waals surface area contributed by atoms with E-state index in [1.165, 1.54) is 12.1 Å². The molecule has 0 saturated heterocycles. The minimum absolute atomic E-state index is 0.221. The number of nitrogens with two attached hydrogens (primary N) is 1. The van der Waals surface area contributed by atoms with Crippen molar-refractivity contribution in [1.82, 2.24) is 4.98 Å². The topological polar surface area (TPSA) is 50.9 Å². The van der Waals surface area contributed by atoms with Crippen LogP contribution >= 0.6 is 11.8 Å². The second-order valence-corrected chi connectivity index (χ2v) is 4.47. The van der Waals surface area contributed by atoms with E-state index in [2.05, 4.69) is 10.4 Å². The normalized spacial score (nSPS) is 10.2. The fourth-order valence-electron chi connectivity index (χ4n) is 1.33. The highest BCUT2D eigenvalue weighted by atomic mass is 32.2. The van der Waals surface area contributed by atoms with E-state index in [-0.39, 0.29) is 5.82 Å².